The maximum Gasteiger partial charge on any atom is 0.234 e. The Hall–Kier alpha value is -1.61. The summed E-state index contributed by atoms with van der Waals surface area (Å²) in [5.41, 5.74) is 1.96. The van der Waals surface area contributed by atoms with E-state index in [1.54, 1.807) is 0 Å². The summed E-state index contributed by atoms with van der Waals surface area (Å²) in [7, 11) is 0. The number of anilines is 1. The number of hydrogen-bond donors (Lipinski definition) is 2. The number of carbonyl (C=O) groups is 1. The highest BCUT2D eigenvalue weighted by molar-refractivity contribution is 6.05. The molecule has 0 unspecified atom stereocenters. The predicted molar refractivity (Wildman–Crippen MR) is 82.7 cm³/mol. The molecule has 0 fully saturated rings. The Kier molecular flexibility index (Phi) is 3.74. The van der Waals surface area contributed by atoms with E-state index in [1.807, 2.05) is 45.9 Å². The van der Waals surface area contributed by atoms with E-state index in [0.717, 1.165) is 29.7 Å². The fourth-order valence-corrected chi connectivity index (χ4v) is 2.35. The van der Waals surface area contributed by atoms with E-state index in [1.165, 1.54) is 0 Å². The second-order valence-corrected chi connectivity index (χ2v) is 6.64. The number of fused-ring (bicyclic) bond motifs is 1. The van der Waals surface area contributed by atoms with E-state index < -0.39 is 11.0 Å². The minimum Gasteiger partial charge on any atom is -0.390 e. The Balaban J connectivity index is 2.11. The largest absolute Gasteiger partial charge is 0.390 e. The minimum absolute atomic E-state index is 0.0515. The van der Waals surface area contributed by atoms with E-state index in [9.17, 15) is 9.90 Å². The van der Waals surface area contributed by atoms with Gasteiger partial charge in [-0.25, -0.2) is 0 Å². The Labute approximate surface area is 120 Å². The van der Waals surface area contributed by atoms with Gasteiger partial charge < -0.3 is 10.4 Å². The summed E-state index contributed by atoms with van der Waals surface area (Å²) in [4.78, 5) is 11.9. The lowest BCUT2D eigenvalue weighted by Crippen LogP contribution is -2.26. The molecule has 0 saturated carbocycles. The van der Waals surface area contributed by atoms with E-state index in [2.05, 4.69) is 17.5 Å². The highest BCUT2D eigenvalue weighted by atomic mass is 16.3. The van der Waals surface area contributed by atoms with E-state index in [0.29, 0.717) is 0 Å². The summed E-state index contributed by atoms with van der Waals surface area (Å²) in [5, 5.41) is 12.6. The number of amides is 1. The zero-order chi connectivity index (χ0) is 15.0. The van der Waals surface area contributed by atoms with Crippen LogP contribution in [-0.4, -0.2) is 16.6 Å². The molecule has 1 aliphatic rings. The van der Waals surface area contributed by atoms with Gasteiger partial charge in [0.1, 0.15) is 0 Å². The fraction of sp³-hybridized carbons (Fsp3) is 0.471. The highest BCUT2D eigenvalue weighted by Gasteiger charge is 2.38. The Morgan fingerprint density at radius 1 is 1.35 bits per heavy atom. The van der Waals surface area contributed by atoms with Gasteiger partial charge in [0.2, 0.25) is 5.91 Å². The molecule has 20 heavy (non-hydrogen) atoms. The van der Waals surface area contributed by atoms with Crippen molar-refractivity contribution in [2.75, 3.05) is 5.32 Å². The molecule has 1 amide bonds. The molecule has 0 spiro atoms. The van der Waals surface area contributed by atoms with Crippen LogP contribution in [-0.2, 0) is 10.2 Å². The monoisotopic (exact) mass is 273 g/mol. The van der Waals surface area contributed by atoms with Gasteiger partial charge in [-0.2, -0.15) is 0 Å². The summed E-state index contributed by atoms with van der Waals surface area (Å²) in [6.45, 7) is 7.51. The van der Waals surface area contributed by atoms with Gasteiger partial charge in [-0.1, -0.05) is 18.2 Å². The molecule has 2 N–H and O–H groups in total. The summed E-state index contributed by atoms with van der Waals surface area (Å²) in [5.74, 6) is 0.0515. The Bertz CT molecular complexity index is 551. The van der Waals surface area contributed by atoms with Crippen molar-refractivity contribution in [2.45, 2.75) is 51.6 Å². The molecule has 1 heterocycles. The van der Waals surface area contributed by atoms with Crippen molar-refractivity contribution in [1.29, 1.82) is 0 Å². The first-order valence-electron chi connectivity index (χ1n) is 7.05. The first kappa shape index (κ1) is 14.8. The van der Waals surface area contributed by atoms with Crippen LogP contribution in [0, 0.1) is 0 Å². The summed E-state index contributed by atoms with van der Waals surface area (Å²) < 4.78 is 0. The van der Waals surface area contributed by atoms with Crippen LogP contribution in [0.4, 0.5) is 5.69 Å². The van der Waals surface area contributed by atoms with E-state index >= 15 is 0 Å². The summed E-state index contributed by atoms with van der Waals surface area (Å²) in [6.07, 6.45) is 5.68. The van der Waals surface area contributed by atoms with Crippen molar-refractivity contribution in [3.05, 3.63) is 35.4 Å². The molecule has 0 aliphatic carbocycles. The predicted octanol–water partition coefficient (Wildman–Crippen LogP) is 3.48. The van der Waals surface area contributed by atoms with Crippen molar-refractivity contribution in [3.8, 4) is 0 Å². The maximum atomic E-state index is 11.9. The molecule has 0 bridgehead atoms. The van der Waals surface area contributed by atoms with Gasteiger partial charge in [0.25, 0.3) is 0 Å². The Morgan fingerprint density at radius 2 is 2.05 bits per heavy atom. The Morgan fingerprint density at radius 3 is 2.70 bits per heavy atom. The quantitative estimate of drug-likeness (QED) is 0.882. The van der Waals surface area contributed by atoms with Gasteiger partial charge in [-0.15, -0.1) is 0 Å². The van der Waals surface area contributed by atoms with E-state index in [-0.39, 0.29) is 5.91 Å². The first-order chi connectivity index (χ1) is 9.20. The molecular weight excluding hydrogens is 250 g/mol. The van der Waals surface area contributed by atoms with Crippen LogP contribution in [0.3, 0.4) is 0 Å². The number of nitrogens with one attached hydrogen (secondary N) is 1. The van der Waals surface area contributed by atoms with Gasteiger partial charge in [0.15, 0.2) is 0 Å². The molecule has 0 saturated heterocycles. The molecule has 1 aromatic carbocycles. The third-order valence-electron chi connectivity index (χ3n) is 3.77. The molecule has 108 valence electrons. The second kappa shape index (κ2) is 5.06. The molecule has 3 nitrogen and oxygen atoms in total. The molecule has 0 aromatic heterocycles. The number of allylic oxidation sites excluding steroid dienone is 1. The lowest BCUT2D eigenvalue weighted by atomic mass is 9.85. The molecule has 2 rings (SSSR count). The van der Waals surface area contributed by atoms with Crippen LogP contribution in [0.1, 0.15) is 51.7 Å². The van der Waals surface area contributed by atoms with Crippen LogP contribution in [0.25, 0.3) is 6.08 Å². The van der Waals surface area contributed by atoms with Crippen molar-refractivity contribution in [3.63, 3.8) is 0 Å². The van der Waals surface area contributed by atoms with Crippen LogP contribution in [0.5, 0.6) is 0 Å². The standard InChI is InChI=1S/C17H23NO2/c1-16(2,20)10-6-5-7-12-8-9-14-13(11-12)17(3,4)15(19)18-14/h5,7-9,11,20H,6,10H2,1-4H3,(H,18,19)/b7-5+. The van der Waals surface area contributed by atoms with Gasteiger partial charge in [-0.05, 0) is 63.8 Å². The SMILES string of the molecule is CC(C)(O)CC/C=C/c1ccc2c(c1)C(C)(C)C(=O)N2. The zero-order valence-corrected chi connectivity index (χ0v) is 12.7. The summed E-state index contributed by atoms with van der Waals surface area (Å²) in [6, 6.07) is 6.02. The minimum atomic E-state index is -0.624. The van der Waals surface area contributed by atoms with E-state index in [4.69, 9.17) is 0 Å². The van der Waals surface area contributed by atoms with Crippen molar-refractivity contribution < 1.29 is 9.90 Å². The lowest BCUT2D eigenvalue weighted by molar-refractivity contribution is -0.119. The van der Waals surface area contributed by atoms with Crippen LogP contribution >= 0.6 is 0 Å². The van der Waals surface area contributed by atoms with Gasteiger partial charge in [0, 0.05) is 5.69 Å². The van der Waals surface area contributed by atoms with Gasteiger partial charge >= 0.3 is 0 Å². The van der Waals surface area contributed by atoms with Crippen molar-refractivity contribution in [2.24, 2.45) is 0 Å². The number of hydrogen-bond acceptors (Lipinski definition) is 2. The molecule has 1 aliphatic heterocycles. The molecule has 1 aromatic rings. The number of benzene rings is 1. The zero-order valence-electron chi connectivity index (χ0n) is 12.7. The van der Waals surface area contributed by atoms with Crippen LogP contribution in [0.15, 0.2) is 24.3 Å². The van der Waals surface area contributed by atoms with Gasteiger partial charge in [0.05, 0.1) is 11.0 Å². The third-order valence-corrected chi connectivity index (χ3v) is 3.77. The number of aliphatic hydroxyl groups is 1. The number of carbonyl (C=O) groups excluding carboxylic acids is 1. The fourth-order valence-electron chi connectivity index (χ4n) is 2.35. The molecule has 3 heteroatoms. The number of rotatable bonds is 4. The third kappa shape index (κ3) is 3.10. The molecule has 0 radical (unpaired) electrons. The van der Waals surface area contributed by atoms with Crippen molar-refractivity contribution in [1.82, 2.24) is 0 Å². The summed E-state index contributed by atoms with van der Waals surface area (Å²) >= 11 is 0. The van der Waals surface area contributed by atoms with Crippen LogP contribution < -0.4 is 5.32 Å². The lowest BCUT2D eigenvalue weighted by Gasteiger charge is -2.15. The normalized spacial score (nSPS) is 17.4. The highest BCUT2D eigenvalue weighted by Crippen LogP contribution is 2.37. The average molecular weight is 273 g/mol. The molecular formula is C17H23NO2. The van der Waals surface area contributed by atoms with Crippen LogP contribution in [0.2, 0.25) is 0 Å². The van der Waals surface area contributed by atoms with Crippen molar-refractivity contribution >= 4 is 17.7 Å². The smallest absolute Gasteiger partial charge is 0.234 e. The maximum absolute atomic E-state index is 11.9. The first-order valence-corrected chi connectivity index (χ1v) is 7.05. The van der Waals surface area contributed by atoms with Gasteiger partial charge in [-0.3, -0.25) is 4.79 Å². The molecule has 0 atom stereocenters. The second-order valence-electron chi connectivity index (χ2n) is 6.64. The average Bonchev–Trinajstić information content (AvgIpc) is 2.55. The topological polar surface area (TPSA) is 49.3 Å².